The molecule has 4 saturated carbocycles. The fourth-order valence-corrected chi connectivity index (χ4v) is 11.9. The molecule has 13 heteroatoms. The summed E-state index contributed by atoms with van der Waals surface area (Å²) in [5.74, 6) is -1.85. The predicted octanol–water partition coefficient (Wildman–Crippen LogP) is 1.01. The Bertz CT molecular complexity index is 1160. The van der Waals surface area contributed by atoms with Crippen LogP contribution in [0.2, 0.25) is 0 Å². The lowest BCUT2D eigenvalue weighted by Crippen LogP contribution is -2.66. The molecule has 0 amide bonds. The van der Waals surface area contributed by atoms with Gasteiger partial charge in [0, 0.05) is 13.0 Å². The van der Waals surface area contributed by atoms with Crippen LogP contribution < -0.4 is 5.73 Å². The van der Waals surface area contributed by atoms with Gasteiger partial charge in [-0.1, -0.05) is 20.8 Å². The fraction of sp³-hybridized carbons (Fsp3) is 0.962. The molecule has 0 aromatic heterocycles. The van der Waals surface area contributed by atoms with Crippen molar-refractivity contribution in [2.75, 3.05) is 6.54 Å². The van der Waals surface area contributed by atoms with Gasteiger partial charge in [0.15, 0.2) is 11.0 Å². The number of aliphatic hydroxyl groups excluding tert-OH is 3. The maximum absolute atomic E-state index is 12.6. The molecular weight excluding hydrogens is 550 g/mol. The molecule has 0 aliphatic heterocycles. The molecule has 7 N–H and O–H groups in total. The summed E-state index contributed by atoms with van der Waals surface area (Å²) < 4.78 is 67.6. The molecule has 0 heterocycles. The summed E-state index contributed by atoms with van der Waals surface area (Å²) in [4.78, 5) is 12.5. The minimum atomic E-state index is -4.59. The second kappa shape index (κ2) is 10.6. The number of hydrogen-bond acceptors (Lipinski definition) is 9. The third-order valence-corrected chi connectivity index (χ3v) is 14.3. The van der Waals surface area contributed by atoms with Gasteiger partial charge in [-0.3, -0.25) is 13.9 Å². The van der Waals surface area contributed by atoms with Crippen LogP contribution in [0.1, 0.15) is 72.1 Å². The Morgan fingerprint density at radius 1 is 0.949 bits per heavy atom. The molecule has 4 rings (SSSR count). The molecule has 4 aliphatic rings. The normalized spacial score (nSPS) is 46.0. The van der Waals surface area contributed by atoms with Gasteiger partial charge in [0.1, 0.15) is 0 Å². The highest BCUT2D eigenvalue weighted by molar-refractivity contribution is 7.87. The molecule has 0 bridgehead atoms. The summed E-state index contributed by atoms with van der Waals surface area (Å²) in [6.45, 7) is 5.29. The van der Waals surface area contributed by atoms with Crippen molar-refractivity contribution in [1.29, 1.82) is 0 Å². The zero-order valence-electron chi connectivity index (χ0n) is 22.9. The highest BCUT2D eigenvalue weighted by atomic mass is 32.2. The lowest BCUT2D eigenvalue weighted by Gasteiger charge is -2.64. The Balaban J connectivity index is 1.60. The molecule has 13 unspecified atom stereocenters. The molecule has 13 atom stereocenters. The van der Waals surface area contributed by atoms with Gasteiger partial charge in [-0.2, -0.15) is 16.8 Å². The highest BCUT2D eigenvalue weighted by Gasteiger charge is 2.68. The molecule has 0 spiro atoms. The van der Waals surface area contributed by atoms with E-state index in [0.29, 0.717) is 25.7 Å². The van der Waals surface area contributed by atoms with Gasteiger partial charge < -0.3 is 21.1 Å². The topological polar surface area (TPSA) is 213 Å². The summed E-state index contributed by atoms with van der Waals surface area (Å²) >= 11 is 0. The highest BCUT2D eigenvalue weighted by Crippen LogP contribution is 2.69. The van der Waals surface area contributed by atoms with E-state index < -0.39 is 72.2 Å². The first-order chi connectivity index (χ1) is 17.9. The van der Waals surface area contributed by atoms with Crippen molar-refractivity contribution in [3.63, 3.8) is 0 Å². The van der Waals surface area contributed by atoms with Crippen LogP contribution in [-0.2, 0) is 25.0 Å². The van der Waals surface area contributed by atoms with E-state index in [4.69, 9.17) is 5.73 Å². The third kappa shape index (κ3) is 5.13. The van der Waals surface area contributed by atoms with E-state index in [1.54, 1.807) is 0 Å². The van der Waals surface area contributed by atoms with Gasteiger partial charge >= 0.3 is 0 Å². The predicted molar refractivity (Wildman–Crippen MR) is 143 cm³/mol. The molecule has 226 valence electrons. The number of nitrogens with two attached hydrogens (primary N) is 1. The maximum Gasteiger partial charge on any atom is 0.276 e. The molecule has 0 aromatic carbocycles. The quantitative estimate of drug-likeness (QED) is 0.218. The van der Waals surface area contributed by atoms with Gasteiger partial charge in [-0.05, 0) is 91.3 Å². The molecular formula is C26H45NO10S2. The van der Waals surface area contributed by atoms with E-state index >= 15 is 0 Å². The largest absolute Gasteiger partial charge is 0.393 e. The average Bonchev–Trinajstić information content (AvgIpc) is 3.16. The summed E-state index contributed by atoms with van der Waals surface area (Å²) in [7, 11) is -9.09. The number of aliphatic hydroxyl groups is 3. The second-order valence-electron chi connectivity index (χ2n) is 13.3. The maximum atomic E-state index is 12.6. The molecule has 0 radical (unpaired) electrons. The molecule has 39 heavy (non-hydrogen) atoms. The SMILES string of the molecule is CC(CCC(=O)C(CN)S(=O)(=O)O)C1CCC2C3C(O)CC4CC(O)CC(S(=O)(=O)O)C4(C)C3CC(O)C12C. The van der Waals surface area contributed by atoms with Crippen LogP contribution in [-0.4, -0.2) is 82.4 Å². The van der Waals surface area contributed by atoms with Crippen molar-refractivity contribution in [3.05, 3.63) is 0 Å². The van der Waals surface area contributed by atoms with Crippen LogP contribution in [0.25, 0.3) is 0 Å². The monoisotopic (exact) mass is 595 g/mol. The average molecular weight is 596 g/mol. The van der Waals surface area contributed by atoms with Crippen LogP contribution in [0, 0.1) is 46.3 Å². The molecule has 0 aromatic rings. The number of ketones is 1. The summed E-state index contributed by atoms with van der Waals surface area (Å²) in [5.41, 5.74) is 3.87. The van der Waals surface area contributed by atoms with E-state index in [2.05, 4.69) is 0 Å². The van der Waals surface area contributed by atoms with Crippen LogP contribution >= 0.6 is 0 Å². The van der Waals surface area contributed by atoms with Crippen LogP contribution in [0.3, 0.4) is 0 Å². The number of hydrogen-bond donors (Lipinski definition) is 6. The standard InChI is InChI=1S/C26H45NO10S2/c1-13(4-7-19(29)21(12-27)38(32,33)34)16-5-6-17-24-18(11-22(31)26(16,17)3)25(2)14(9-20(24)30)8-15(28)10-23(25)39(35,36)37/h13-18,20-24,28,30-31H,4-12,27H2,1-3H3,(H,32,33,34)(H,35,36,37). The van der Waals surface area contributed by atoms with E-state index in [0.717, 1.165) is 6.42 Å². The van der Waals surface area contributed by atoms with Crippen molar-refractivity contribution in [3.8, 4) is 0 Å². The van der Waals surface area contributed by atoms with Crippen molar-refractivity contribution >= 4 is 26.0 Å². The Hall–Kier alpha value is -0.670. The summed E-state index contributed by atoms with van der Waals surface area (Å²) in [6.07, 6.45) is 0.0652. The Kier molecular flexibility index (Phi) is 8.46. The van der Waals surface area contributed by atoms with Gasteiger partial charge in [0.2, 0.25) is 0 Å². The third-order valence-electron chi connectivity index (χ3n) is 11.7. The first kappa shape index (κ1) is 31.3. The van der Waals surface area contributed by atoms with Crippen LogP contribution in [0.15, 0.2) is 0 Å². The molecule has 0 saturated heterocycles. The van der Waals surface area contributed by atoms with Crippen molar-refractivity contribution < 1.29 is 46.1 Å². The van der Waals surface area contributed by atoms with Crippen LogP contribution in [0.4, 0.5) is 0 Å². The van der Waals surface area contributed by atoms with Gasteiger partial charge in [0.25, 0.3) is 20.2 Å². The van der Waals surface area contributed by atoms with Gasteiger partial charge in [0.05, 0.1) is 23.6 Å². The first-order valence-electron chi connectivity index (χ1n) is 14.1. The lowest BCUT2D eigenvalue weighted by atomic mass is 9.43. The number of carbonyl (C=O) groups is 1. The van der Waals surface area contributed by atoms with E-state index in [9.17, 15) is 46.1 Å². The lowest BCUT2D eigenvalue weighted by molar-refractivity contribution is -0.205. The van der Waals surface area contributed by atoms with Crippen molar-refractivity contribution in [2.45, 2.75) is 101 Å². The van der Waals surface area contributed by atoms with Crippen molar-refractivity contribution in [2.24, 2.45) is 52.1 Å². The Morgan fingerprint density at radius 3 is 2.15 bits per heavy atom. The first-order valence-corrected chi connectivity index (χ1v) is 17.1. The summed E-state index contributed by atoms with van der Waals surface area (Å²) in [6, 6.07) is 0. The minimum absolute atomic E-state index is 0.0309. The smallest absolute Gasteiger partial charge is 0.276 e. The number of carbonyl (C=O) groups excluding carboxylic acids is 1. The Morgan fingerprint density at radius 2 is 1.59 bits per heavy atom. The van der Waals surface area contributed by atoms with E-state index in [1.807, 2.05) is 20.8 Å². The van der Waals surface area contributed by atoms with E-state index in [-0.39, 0.29) is 54.8 Å². The molecule has 11 nitrogen and oxygen atoms in total. The zero-order valence-corrected chi connectivity index (χ0v) is 24.5. The Labute approximate surface area is 231 Å². The number of Topliss-reactive ketones (excluding diaryl/α,β-unsaturated/α-hetero) is 1. The van der Waals surface area contributed by atoms with E-state index in [1.165, 1.54) is 0 Å². The number of fused-ring (bicyclic) bond motifs is 5. The summed E-state index contributed by atoms with van der Waals surface area (Å²) in [5, 5.41) is 30.7. The zero-order chi connectivity index (χ0) is 29.3. The minimum Gasteiger partial charge on any atom is -0.393 e. The number of rotatable bonds is 8. The second-order valence-corrected chi connectivity index (χ2v) is 16.5. The van der Waals surface area contributed by atoms with Crippen molar-refractivity contribution in [1.82, 2.24) is 0 Å². The fourth-order valence-electron chi connectivity index (χ4n) is 9.77. The molecule has 4 fully saturated rings. The van der Waals surface area contributed by atoms with Crippen LogP contribution in [0.5, 0.6) is 0 Å². The molecule has 4 aliphatic carbocycles. The van der Waals surface area contributed by atoms with Gasteiger partial charge in [-0.25, -0.2) is 0 Å². The van der Waals surface area contributed by atoms with Gasteiger partial charge in [-0.15, -0.1) is 0 Å².